The molecule has 0 aliphatic carbocycles. The highest BCUT2D eigenvalue weighted by molar-refractivity contribution is 6.01. The van der Waals surface area contributed by atoms with Gasteiger partial charge in [0.25, 0.3) is 0 Å². The molecule has 0 spiro atoms. The highest BCUT2D eigenvalue weighted by Gasteiger charge is 2.36. The fraction of sp³-hybridized carbons (Fsp3) is 0.625. The van der Waals surface area contributed by atoms with Crippen LogP contribution in [-0.4, -0.2) is 53.2 Å². The standard InChI is InChI=1S/C22H30FN3O5.C2H6/c1-21(2,3)31-19(28)13-22(30)8-10-26(11-9-22)17-6-4-14(12-15(17)23)24-16-5-7-18(27)25-20(16)29;1-2/h4,6,12,16,24,30H,5,7-11,13H2,1-3H3,(H,25,27,29);1-2H3. The molecule has 2 fully saturated rings. The Morgan fingerprint density at radius 1 is 1.27 bits per heavy atom. The lowest BCUT2D eigenvalue weighted by Gasteiger charge is -2.39. The maximum Gasteiger partial charge on any atom is 0.309 e. The molecule has 3 rings (SSSR count). The number of hydrogen-bond donors (Lipinski definition) is 3. The molecule has 0 bridgehead atoms. The monoisotopic (exact) mass is 465 g/mol. The number of benzene rings is 1. The van der Waals surface area contributed by atoms with Gasteiger partial charge >= 0.3 is 5.97 Å². The molecule has 1 atom stereocenters. The third-order valence-electron chi connectivity index (χ3n) is 5.46. The number of carbonyl (C=O) groups is 3. The van der Waals surface area contributed by atoms with Crippen LogP contribution in [0.1, 0.15) is 66.7 Å². The van der Waals surface area contributed by atoms with E-state index >= 15 is 0 Å². The van der Waals surface area contributed by atoms with Gasteiger partial charge in [-0.05, 0) is 58.2 Å². The Kier molecular flexibility index (Phi) is 8.82. The van der Waals surface area contributed by atoms with Gasteiger partial charge < -0.3 is 20.1 Å². The van der Waals surface area contributed by atoms with Crippen molar-refractivity contribution < 1.29 is 28.6 Å². The number of ether oxygens (including phenoxy) is 1. The van der Waals surface area contributed by atoms with E-state index in [2.05, 4.69) is 10.6 Å². The van der Waals surface area contributed by atoms with Crippen LogP contribution in [0.3, 0.4) is 0 Å². The van der Waals surface area contributed by atoms with Crippen molar-refractivity contribution in [3.8, 4) is 0 Å². The predicted molar refractivity (Wildman–Crippen MR) is 124 cm³/mol. The minimum atomic E-state index is -1.16. The topological polar surface area (TPSA) is 108 Å². The first-order valence-electron chi connectivity index (χ1n) is 11.5. The van der Waals surface area contributed by atoms with Crippen LogP contribution in [0.25, 0.3) is 0 Å². The molecular formula is C24H36FN3O5. The number of anilines is 2. The number of nitrogens with one attached hydrogen (secondary N) is 2. The lowest BCUT2D eigenvalue weighted by molar-refractivity contribution is -0.161. The van der Waals surface area contributed by atoms with E-state index in [-0.39, 0.29) is 18.7 Å². The number of carbonyl (C=O) groups excluding carboxylic acids is 3. The highest BCUT2D eigenvalue weighted by Crippen LogP contribution is 2.32. The van der Waals surface area contributed by atoms with Gasteiger partial charge in [-0.3, -0.25) is 19.7 Å². The zero-order valence-electron chi connectivity index (χ0n) is 20.2. The molecule has 0 radical (unpaired) electrons. The Balaban J connectivity index is 0.00000187. The van der Waals surface area contributed by atoms with Crippen molar-refractivity contribution in [1.29, 1.82) is 0 Å². The van der Waals surface area contributed by atoms with Crippen LogP contribution >= 0.6 is 0 Å². The van der Waals surface area contributed by atoms with Gasteiger partial charge in [0.2, 0.25) is 11.8 Å². The van der Waals surface area contributed by atoms with E-state index in [9.17, 15) is 23.9 Å². The van der Waals surface area contributed by atoms with Gasteiger partial charge in [-0.25, -0.2) is 4.39 Å². The third-order valence-corrected chi connectivity index (χ3v) is 5.46. The molecule has 2 aliphatic rings. The van der Waals surface area contributed by atoms with Gasteiger partial charge in [0.05, 0.1) is 17.7 Å². The van der Waals surface area contributed by atoms with Crippen LogP contribution in [0.2, 0.25) is 0 Å². The minimum Gasteiger partial charge on any atom is -0.460 e. The summed E-state index contributed by atoms with van der Waals surface area (Å²) in [6.07, 6.45) is 1.15. The lowest BCUT2D eigenvalue weighted by atomic mass is 9.88. The van der Waals surface area contributed by atoms with Crippen molar-refractivity contribution >= 4 is 29.2 Å². The number of amides is 2. The second kappa shape index (κ2) is 11.0. The van der Waals surface area contributed by atoms with E-state index in [1.165, 1.54) is 6.07 Å². The van der Waals surface area contributed by atoms with Gasteiger partial charge in [-0.2, -0.15) is 0 Å². The summed E-state index contributed by atoms with van der Waals surface area (Å²) >= 11 is 0. The normalized spacial score (nSPS) is 20.3. The number of nitrogens with zero attached hydrogens (tertiary/aromatic N) is 1. The van der Waals surface area contributed by atoms with Crippen molar-refractivity contribution in [2.24, 2.45) is 0 Å². The molecule has 33 heavy (non-hydrogen) atoms. The SMILES string of the molecule is CC.CC(C)(C)OC(=O)CC1(O)CCN(c2ccc(NC3CCC(=O)NC3=O)cc2F)CC1. The van der Waals surface area contributed by atoms with Crippen molar-refractivity contribution in [3.63, 3.8) is 0 Å². The number of rotatable bonds is 5. The summed E-state index contributed by atoms with van der Waals surface area (Å²) in [6, 6.07) is 4.05. The molecule has 2 saturated heterocycles. The fourth-order valence-electron chi connectivity index (χ4n) is 3.87. The maximum absolute atomic E-state index is 14.8. The van der Waals surface area contributed by atoms with Gasteiger partial charge in [-0.1, -0.05) is 13.8 Å². The molecule has 2 heterocycles. The smallest absolute Gasteiger partial charge is 0.309 e. The molecule has 2 amide bonds. The van der Waals surface area contributed by atoms with Gasteiger partial charge in [-0.15, -0.1) is 0 Å². The van der Waals surface area contributed by atoms with E-state index in [1.807, 2.05) is 18.7 Å². The predicted octanol–water partition coefficient (Wildman–Crippen LogP) is 3.13. The Hall–Kier alpha value is -2.68. The lowest BCUT2D eigenvalue weighted by Crippen LogP contribution is -2.47. The molecule has 1 aromatic rings. The van der Waals surface area contributed by atoms with Crippen LogP contribution in [-0.2, 0) is 19.1 Å². The molecule has 1 unspecified atom stereocenters. The maximum atomic E-state index is 14.8. The van der Waals surface area contributed by atoms with Gasteiger partial charge in [0.15, 0.2) is 0 Å². The summed E-state index contributed by atoms with van der Waals surface area (Å²) in [4.78, 5) is 37.0. The molecule has 0 aromatic heterocycles. The first-order chi connectivity index (χ1) is 15.4. The summed E-state index contributed by atoms with van der Waals surface area (Å²) in [5.74, 6) is -1.62. The van der Waals surface area contributed by atoms with Gasteiger partial charge in [0, 0.05) is 25.2 Å². The van der Waals surface area contributed by atoms with Gasteiger partial charge in [0.1, 0.15) is 17.5 Å². The molecule has 3 N–H and O–H groups in total. The largest absolute Gasteiger partial charge is 0.460 e. The Morgan fingerprint density at radius 3 is 2.45 bits per heavy atom. The van der Waals surface area contributed by atoms with E-state index in [1.54, 1.807) is 32.9 Å². The van der Waals surface area contributed by atoms with E-state index in [4.69, 9.17) is 4.74 Å². The van der Waals surface area contributed by atoms with E-state index in [0.717, 1.165) is 0 Å². The summed E-state index contributed by atoms with van der Waals surface area (Å²) < 4.78 is 20.1. The fourth-order valence-corrected chi connectivity index (χ4v) is 3.87. The Labute approximate surface area is 194 Å². The van der Waals surface area contributed by atoms with Crippen molar-refractivity contribution in [1.82, 2.24) is 5.32 Å². The average Bonchev–Trinajstić information content (AvgIpc) is 2.71. The molecule has 1 aromatic carbocycles. The van der Waals surface area contributed by atoms with Crippen molar-refractivity contribution in [3.05, 3.63) is 24.0 Å². The molecule has 2 aliphatic heterocycles. The first-order valence-corrected chi connectivity index (χ1v) is 11.5. The zero-order valence-corrected chi connectivity index (χ0v) is 20.2. The van der Waals surface area contributed by atoms with Crippen LogP contribution in [0, 0.1) is 5.82 Å². The second-order valence-electron chi connectivity index (χ2n) is 9.29. The number of piperidine rings is 2. The number of hydrogen-bond acceptors (Lipinski definition) is 7. The van der Waals surface area contributed by atoms with E-state index < -0.39 is 34.9 Å². The number of imide groups is 1. The summed E-state index contributed by atoms with van der Waals surface area (Å²) in [7, 11) is 0. The Bertz CT molecular complexity index is 860. The third kappa shape index (κ3) is 7.70. The van der Waals surface area contributed by atoms with Crippen LogP contribution < -0.4 is 15.5 Å². The first kappa shape index (κ1) is 26.6. The number of aliphatic hydroxyl groups is 1. The summed E-state index contributed by atoms with van der Waals surface area (Å²) in [5.41, 5.74) is -0.925. The summed E-state index contributed by atoms with van der Waals surface area (Å²) in [6.45, 7) is 10.1. The molecular weight excluding hydrogens is 429 g/mol. The van der Waals surface area contributed by atoms with Crippen molar-refractivity contribution in [2.45, 2.75) is 84.0 Å². The molecule has 9 heteroatoms. The zero-order chi connectivity index (χ0) is 24.8. The molecule has 0 saturated carbocycles. The minimum absolute atomic E-state index is 0.0879. The van der Waals surface area contributed by atoms with Crippen LogP contribution in [0.4, 0.5) is 15.8 Å². The number of halogens is 1. The van der Waals surface area contributed by atoms with Crippen molar-refractivity contribution in [2.75, 3.05) is 23.3 Å². The number of esters is 1. The van der Waals surface area contributed by atoms with E-state index in [0.29, 0.717) is 43.7 Å². The summed E-state index contributed by atoms with van der Waals surface area (Å²) in [5, 5.41) is 16.0. The second-order valence-corrected chi connectivity index (χ2v) is 9.29. The quantitative estimate of drug-likeness (QED) is 0.453. The highest BCUT2D eigenvalue weighted by atomic mass is 19.1. The van der Waals surface area contributed by atoms with Crippen LogP contribution in [0.5, 0.6) is 0 Å². The molecule has 184 valence electrons. The Morgan fingerprint density at radius 2 is 1.91 bits per heavy atom. The van der Waals surface area contributed by atoms with Crippen LogP contribution in [0.15, 0.2) is 18.2 Å². The average molecular weight is 466 g/mol. The molecule has 8 nitrogen and oxygen atoms in total.